The van der Waals surface area contributed by atoms with Gasteiger partial charge in [-0.2, -0.15) is 0 Å². The van der Waals surface area contributed by atoms with Crippen LogP contribution in [-0.2, 0) is 11.8 Å². The van der Waals surface area contributed by atoms with Gasteiger partial charge in [0.05, 0.1) is 16.3 Å². The van der Waals surface area contributed by atoms with E-state index < -0.39 is 5.82 Å². The fourth-order valence-corrected chi connectivity index (χ4v) is 4.44. The number of nitrogens with two attached hydrogens (primary N) is 1. The zero-order valence-electron chi connectivity index (χ0n) is 14.7. The number of amides is 1. The summed E-state index contributed by atoms with van der Waals surface area (Å²) in [6, 6.07) is 9.51. The molecule has 1 amide bonds. The molecule has 3 aromatic heterocycles. The molecule has 0 atom stereocenters. The van der Waals surface area contributed by atoms with Crippen LogP contribution >= 0.6 is 23.1 Å². The monoisotopic (exact) mass is 414 g/mol. The number of hydrogen-bond acceptors (Lipinski definition) is 7. The van der Waals surface area contributed by atoms with Gasteiger partial charge in [0, 0.05) is 24.3 Å². The predicted octanol–water partition coefficient (Wildman–Crippen LogP) is 3.54. The molecule has 0 aliphatic rings. The quantitative estimate of drug-likeness (QED) is 0.485. The Morgan fingerprint density at radius 1 is 1.32 bits per heavy atom. The molecule has 4 rings (SSSR count). The Hall–Kier alpha value is -2.98. The summed E-state index contributed by atoms with van der Waals surface area (Å²) in [4.78, 5) is 18.1. The maximum absolute atomic E-state index is 13.2. The molecule has 0 spiro atoms. The topological polar surface area (TPSA) is 98.7 Å². The number of hydrogen-bond donors (Lipinski definition) is 2. The zero-order chi connectivity index (χ0) is 19.7. The molecule has 0 saturated carbocycles. The third-order valence-corrected chi connectivity index (χ3v) is 6.13. The first-order chi connectivity index (χ1) is 13.5. The van der Waals surface area contributed by atoms with Crippen molar-refractivity contribution in [2.45, 2.75) is 5.16 Å². The SMILES string of the molecule is Cn1c(SCC(=O)Nc2cccc(F)c2)nnc1-c1sc2ncccc2c1N. The van der Waals surface area contributed by atoms with Gasteiger partial charge in [0.25, 0.3) is 0 Å². The molecule has 3 heterocycles. The minimum absolute atomic E-state index is 0.117. The molecule has 3 N–H and O–H groups in total. The lowest BCUT2D eigenvalue weighted by atomic mass is 10.2. The lowest BCUT2D eigenvalue weighted by Crippen LogP contribution is -2.14. The fourth-order valence-electron chi connectivity index (χ4n) is 2.65. The molecule has 1 aromatic carbocycles. The molecule has 0 bridgehead atoms. The zero-order valence-corrected chi connectivity index (χ0v) is 16.4. The average molecular weight is 414 g/mol. The van der Waals surface area contributed by atoms with Crippen LogP contribution in [0.1, 0.15) is 0 Å². The van der Waals surface area contributed by atoms with E-state index in [1.807, 2.05) is 19.2 Å². The van der Waals surface area contributed by atoms with E-state index in [1.165, 1.54) is 41.3 Å². The van der Waals surface area contributed by atoms with Crippen molar-refractivity contribution in [3.05, 3.63) is 48.4 Å². The predicted molar refractivity (Wildman–Crippen MR) is 110 cm³/mol. The largest absolute Gasteiger partial charge is 0.397 e. The highest BCUT2D eigenvalue weighted by molar-refractivity contribution is 7.99. The molecule has 0 radical (unpaired) electrons. The van der Waals surface area contributed by atoms with Crippen LogP contribution in [-0.4, -0.2) is 31.4 Å². The minimum Gasteiger partial charge on any atom is -0.397 e. The number of nitrogens with one attached hydrogen (secondary N) is 1. The number of aromatic nitrogens is 4. The van der Waals surface area contributed by atoms with Crippen molar-refractivity contribution >= 4 is 50.6 Å². The second kappa shape index (κ2) is 7.56. The lowest BCUT2D eigenvalue weighted by Gasteiger charge is -2.05. The summed E-state index contributed by atoms with van der Waals surface area (Å²) in [6.07, 6.45) is 1.72. The second-order valence-corrected chi connectivity index (χ2v) is 7.85. The number of carbonyl (C=O) groups excluding carboxylic acids is 1. The van der Waals surface area contributed by atoms with E-state index >= 15 is 0 Å². The molecular weight excluding hydrogens is 399 g/mol. The Balaban J connectivity index is 1.49. The summed E-state index contributed by atoms with van der Waals surface area (Å²) >= 11 is 2.69. The number of benzene rings is 1. The summed E-state index contributed by atoms with van der Waals surface area (Å²) in [7, 11) is 1.82. The number of rotatable bonds is 5. The third kappa shape index (κ3) is 3.56. The highest BCUT2D eigenvalue weighted by Crippen LogP contribution is 2.39. The van der Waals surface area contributed by atoms with E-state index in [2.05, 4.69) is 20.5 Å². The van der Waals surface area contributed by atoms with E-state index in [0.717, 1.165) is 15.1 Å². The highest BCUT2D eigenvalue weighted by Gasteiger charge is 2.19. The number of carbonyl (C=O) groups is 1. The van der Waals surface area contributed by atoms with Crippen LogP contribution < -0.4 is 11.1 Å². The van der Waals surface area contributed by atoms with E-state index in [-0.39, 0.29) is 11.7 Å². The molecular formula is C18H15FN6OS2. The molecule has 0 fully saturated rings. The number of nitrogen functional groups attached to an aromatic ring is 1. The highest BCUT2D eigenvalue weighted by atomic mass is 32.2. The lowest BCUT2D eigenvalue weighted by molar-refractivity contribution is -0.113. The van der Waals surface area contributed by atoms with Gasteiger partial charge >= 0.3 is 0 Å². The normalized spacial score (nSPS) is 11.1. The Labute approximate surface area is 167 Å². The Morgan fingerprint density at radius 3 is 2.96 bits per heavy atom. The molecule has 0 aliphatic heterocycles. The van der Waals surface area contributed by atoms with Crippen LogP contribution in [0.15, 0.2) is 47.8 Å². The number of thiophene rings is 1. The van der Waals surface area contributed by atoms with Crippen LogP contribution in [0.25, 0.3) is 20.9 Å². The van der Waals surface area contributed by atoms with E-state index in [0.29, 0.717) is 22.4 Å². The van der Waals surface area contributed by atoms with Crippen molar-refractivity contribution in [1.29, 1.82) is 0 Å². The van der Waals surface area contributed by atoms with Gasteiger partial charge in [-0.15, -0.1) is 21.5 Å². The number of thioether (sulfide) groups is 1. The van der Waals surface area contributed by atoms with Crippen LogP contribution in [0.3, 0.4) is 0 Å². The molecule has 0 saturated heterocycles. The van der Waals surface area contributed by atoms with Crippen molar-refractivity contribution in [2.75, 3.05) is 16.8 Å². The number of nitrogens with zero attached hydrogens (tertiary/aromatic N) is 4. The standard InChI is InChI=1S/C18H15FN6OS2/c1-25-16(15-14(20)12-6-3-7-21-17(12)28-15)23-24-18(25)27-9-13(26)22-11-5-2-4-10(19)8-11/h2-8H,9,20H2,1H3,(H,22,26). The summed E-state index contributed by atoms with van der Waals surface area (Å²) in [5.41, 5.74) is 7.28. The molecule has 7 nitrogen and oxygen atoms in total. The van der Waals surface area contributed by atoms with Gasteiger partial charge in [-0.25, -0.2) is 9.37 Å². The molecule has 10 heteroatoms. The molecule has 4 aromatic rings. The van der Waals surface area contributed by atoms with Gasteiger partial charge in [0.2, 0.25) is 5.91 Å². The number of anilines is 2. The van der Waals surface area contributed by atoms with Gasteiger partial charge in [-0.05, 0) is 30.3 Å². The summed E-state index contributed by atoms with van der Waals surface area (Å²) in [5, 5.41) is 12.5. The molecule has 28 heavy (non-hydrogen) atoms. The third-order valence-electron chi connectivity index (χ3n) is 3.98. The summed E-state index contributed by atoms with van der Waals surface area (Å²) in [6.45, 7) is 0. The van der Waals surface area contributed by atoms with Crippen molar-refractivity contribution in [3.8, 4) is 10.7 Å². The number of pyridine rings is 1. The fraction of sp³-hybridized carbons (Fsp3) is 0.111. The second-order valence-electron chi connectivity index (χ2n) is 5.91. The van der Waals surface area contributed by atoms with E-state index in [4.69, 9.17) is 5.73 Å². The van der Waals surface area contributed by atoms with Crippen molar-refractivity contribution < 1.29 is 9.18 Å². The summed E-state index contributed by atoms with van der Waals surface area (Å²) in [5.74, 6) is 0.0736. The van der Waals surface area contributed by atoms with Crippen molar-refractivity contribution in [3.63, 3.8) is 0 Å². The first kappa shape index (κ1) is 18.4. The number of halogens is 1. The van der Waals surface area contributed by atoms with E-state index in [9.17, 15) is 9.18 Å². The molecule has 0 unspecified atom stereocenters. The first-order valence-corrected chi connectivity index (χ1v) is 10.0. The van der Waals surface area contributed by atoms with Gasteiger partial charge in [-0.3, -0.25) is 4.79 Å². The Bertz CT molecular complexity index is 1170. The number of fused-ring (bicyclic) bond motifs is 1. The van der Waals surface area contributed by atoms with E-state index in [1.54, 1.807) is 16.8 Å². The van der Waals surface area contributed by atoms with Gasteiger partial charge < -0.3 is 15.6 Å². The van der Waals surface area contributed by atoms with Crippen molar-refractivity contribution in [1.82, 2.24) is 19.7 Å². The maximum Gasteiger partial charge on any atom is 0.234 e. The van der Waals surface area contributed by atoms with Crippen LogP contribution in [0.5, 0.6) is 0 Å². The van der Waals surface area contributed by atoms with Crippen LogP contribution in [0, 0.1) is 5.82 Å². The average Bonchev–Trinajstić information content (AvgIpc) is 3.20. The van der Waals surface area contributed by atoms with Gasteiger partial charge in [-0.1, -0.05) is 17.8 Å². The van der Waals surface area contributed by atoms with Gasteiger partial charge in [0.15, 0.2) is 11.0 Å². The summed E-state index contributed by atoms with van der Waals surface area (Å²) < 4.78 is 15.0. The Morgan fingerprint density at radius 2 is 2.18 bits per heavy atom. The van der Waals surface area contributed by atoms with Crippen LogP contribution in [0.4, 0.5) is 15.8 Å². The first-order valence-electron chi connectivity index (χ1n) is 8.24. The van der Waals surface area contributed by atoms with Gasteiger partial charge in [0.1, 0.15) is 10.6 Å². The van der Waals surface area contributed by atoms with Crippen LogP contribution in [0.2, 0.25) is 0 Å². The minimum atomic E-state index is -0.404. The molecule has 142 valence electrons. The Kier molecular flexibility index (Phi) is 4.97. The maximum atomic E-state index is 13.2. The van der Waals surface area contributed by atoms with Crippen molar-refractivity contribution in [2.24, 2.45) is 7.05 Å². The smallest absolute Gasteiger partial charge is 0.234 e. The molecule has 0 aliphatic carbocycles.